The van der Waals surface area contributed by atoms with Crippen LogP contribution in [0.2, 0.25) is 0 Å². The molecule has 140 valence electrons. The minimum atomic E-state index is -0.147. The van der Waals surface area contributed by atoms with Gasteiger partial charge in [-0.05, 0) is 38.7 Å². The summed E-state index contributed by atoms with van der Waals surface area (Å²) in [7, 11) is 0. The zero-order chi connectivity index (χ0) is 18.4. The van der Waals surface area contributed by atoms with Crippen molar-refractivity contribution < 1.29 is 9.59 Å². The number of carbonyl (C=O) groups excluding carboxylic acids is 2. The molecule has 0 aliphatic carbocycles. The maximum absolute atomic E-state index is 12.4. The van der Waals surface area contributed by atoms with E-state index in [1.165, 1.54) is 0 Å². The molecule has 1 aliphatic rings. The number of amides is 3. The van der Waals surface area contributed by atoms with Gasteiger partial charge in [0.15, 0.2) is 0 Å². The van der Waals surface area contributed by atoms with E-state index >= 15 is 0 Å². The van der Waals surface area contributed by atoms with Gasteiger partial charge in [-0.3, -0.25) is 9.48 Å². The van der Waals surface area contributed by atoms with Crippen molar-refractivity contribution >= 4 is 11.9 Å². The second-order valence-corrected chi connectivity index (χ2v) is 7.46. The molecule has 1 fully saturated rings. The molecule has 2 N–H and O–H groups in total. The lowest BCUT2D eigenvalue weighted by atomic mass is 9.97. The first-order valence-electron chi connectivity index (χ1n) is 9.21. The summed E-state index contributed by atoms with van der Waals surface area (Å²) in [4.78, 5) is 26.4. The number of nitrogens with zero attached hydrogens (tertiary/aromatic N) is 3. The molecule has 25 heavy (non-hydrogen) atoms. The van der Waals surface area contributed by atoms with Gasteiger partial charge >= 0.3 is 6.03 Å². The maximum atomic E-state index is 12.4. The Kier molecular flexibility index (Phi) is 6.84. The van der Waals surface area contributed by atoms with E-state index in [2.05, 4.69) is 43.4 Å². The molecule has 3 amide bonds. The summed E-state index contributed by atoms with van der Waals surface area (Å²) in [5.41, 5.74) is 0.851. The topological polar surface area (TPSA) is 79.3 Å². The molecule has 0 aromatic carbocycles. The van der Waals surface area contributed by atoms with Crippen LogP contribution in [0.15, 0.2) is 12.3 Å². The van der Waals surface area contributed by atoms with Crippen LogP contribution in [-0.2, 0) is 11.3 Å². The van der Waals surface area contributed by atoms with Crippen LogP contribution in [0, 0.1) is 11.8 Å². The Hall–Kier alpha value is -2.05. The Labute approximate surface area is 150 Å². The summed E-state index contributed by atoms with van der Waals surface area (Å²) in [5.74, 6) is 0.268. The SMILES string of the molecule is CC(C)CNC(=O)N1CCC[C@H](C(=O)NCc2ccn(C(C)C)n2)C1. The van der Waals surface area contributed by atoms with E-state index in [9.17, 15) is 9.59 Å². The van der Waals surface area contributed by atoms with Crippen molar-refractivity contribution in [1.82, 2.24) is 25.3 Å². The van der Waals surface area contributed by atoms with Gasteiger partial charge in [-0.15, -0.1) is 0 Å². The highest BCUT2D eigenvalue weighted by Crippen LogP contribution is 2.17. The van der Waals surface area contributed by atoms with Gasteiger partial charge in [-0.1, -0.05) is 13.8 Å². The number of hydrogen-bond donors (Lipinski definition) is 2. The highest BCUT2D eigenvalue weighted by molar-refractivity contribution is 5.80. The number of likely N-dealkylation sites (tertiary alicyclic amines) is 1. The number of aromatic nitrogens is 2. The Morgan fingerprint density at radius 3 is 2.68 bits per heavy atom. The van der Waals surface area contributed by atoms with Crippen LogP contribution in [0.3, 0.4) is 0 Å². The number of piperidine rings is 1. The van der Waals surface area contributed by atoms with Crippen molar-refractivity contribution in [1.29, 1.82) is 0 Å². The van der Waals surface area contributed by atoms with Crippen molar-refractivity contribution in [2.45, 2.75) is 53.1 Å². The molecule has 0 unspecified atom stereocenters. The molecule has 0 bridgehead atoms. The monoisotopic (exact) mass is 349 g/mol. The van der Waals surface area contributed by atoms with Crippen LogP contribution in [0.1, 0.15) is 52.3 Å². The fourth-order valence-corrected chi connectivity index (χ4v) is 2.86. The summed E-state index contributed by atoms with van der Waals surface area (Å²) >= 11 is 0. The fourth-order valence-electron chi connectivity index (χ4n) is 2.86. The van der Waals surface area contributed by atoms with Gasteiger partial charge in [0.2, 0.25) is 5.91 Å². The van der Waals surface area contributed by atoms with Crippen LogP contribution in [0.5, 0.6) is 0 Å². The molecule has 0 radical (unpaired) electrons. The minimum absolute atomic E-state index is 0.000423. The van der Waals surface area contributed by atoms with Gasteiger partial charge < -0.3 is 15.5 Å². The minimum Gasteiger partial charge on any atom is -0.350 e. The van der Waals surface area contributed by atoms with Crippen LogP contribution < -0.4 is 10.6 Å². The van der Waals surface area contributed by atoms with E-state index in [0.29, 0.717) is 38.1 Å². The highest BCUT2D eigenvalue weighted by atomic mass is 16.2. The lowest BCUT2D eigenvalue weighted by molar-refractivity contribution is -0.126. The fraction of sp³-hybridized carbons (Fsp3) is 0.722. The first-order valence-corrected chi connectivity index (χ1v) is 9.21. The molecule has 2 heterocycles. The molecule has 1 atom stereocenters. The predicted molar refractivity (Wildman–Crippen MR) is 97.0 cm³/mol. The molecular weight excluding hydrogens is 318 g/mol. The van der Waals surface area contributed by atoms with Gasteiger partial charge in [0, 0.05) is 31.9 Å². The summed E-state index contributed by atoms with van der Waals surface area (Å²) in [6, 6.07) is 2.16. The molecule has 1 aromatic rings. The normalized spacial score (nSPS) is 17.8. The van der Waals surface area contributed by atoms with Gasteiger partial charge in [0.1, 0.15) is 0 Å². The lowest BCUT2D eigenvalue weighted by Crippen LogP contribution is -2.49. The van der Waals surface area contributed by atoms with Gasteiger partial charge in [0.25, 0.3) is 0 Å². The standard InChI is InChI=1S/C18H31N5O2/c1-13(2)10-20-18(25)22-8-5-6-15(12-22)17(24)19-11-16-7-9-23(21-16)14(3)4/h7,9,13-15H,5-6,8,10-12H2,1-4H3,(H,19,24)(H,20,25)/t15-/m0/s1. The zero-order valence-corrected chi connectivity index (χ0v) is 15.8. The van der Waals surface area contributed by atoms with E-state index in [4.69, 9.17) is 0 Å². The first-order chi connectivity index (χ1) is 11.9. The number of carbonyl (C=O) groups is 2. The van der Waals surface area contributed by atoms with Crippen molar-refractivity contribution in [2.24, 2.45) is 11.8 Å². The zero-order valence-electron chi connectivity index (χ0n) is 15.8. The quantitative estimate of drug-likeness (QED) is 0.826. The molecule has 1 aliphatic heterocycles. The molecule has 1 aromatic heterocycles. The molecule has 0 saturated carbocycles. The third-order valence-corrected chi connectivity index (χ3v) is 4.38. The number of hydrogen-bond acceptors (Lipinski definition) is 3. The Bertz CT molecular complexity index is 582. The highest BCUT2D eigenvalue weighted by Gasteiger charge is 2.28. The summed E-state index contributed by atoms with van der Waals surface area (Å²) in [5, 5.41) is 10.3. The molecule has 2 rings (SSSR count). The van der Waals surface area contributed by atoms with E-state index < -0.39 is 0 Å². The average molecular weight is 349 g/mol. The van der Waals surface area contributed by atoms with Gasteiger partial charge in [0.05, 0.1) is 18.2 Å². The van der Waals surface area contributed by atoms with Crippen molar-refractivity contribution in [3.05, 3.63) is 18.0 Å². The van der Waals surface area contributed by atoms with Gasteiger partial charge in [-0.2, -0.15) is 5.10 Å². The first kappa shape index (κ1) is 19.3. The van der Waals surface area contributed by atoms with E-state index in [1.54, 1.807) is 4.90 Å². The summed E-state index contributed by atoms with van der Waals surface area (Å²) in [6.45, 7) is 10.5. The Balaban J connectivity index is 1.81. The Morgan fingerprint density at radius 1 is 1.28 bits per heavy atom. The number of urea groups is 1. The summed E-state index contributed by atoms with van der Waals surface area (Å²) < 4.78 is 1.88. The van der Waals surface area contributed by atoms with E-state index in [-0.39, 0.29) is 17.9 Å². The molecule has 7 nitrogen and oxygen atoms in total. The van der Waals surface area contributed by atoms with E-state index in [1.807, 2.05) is 16.9 Å². The number of rotatable bonds is 6. The van der Waals surface area contributed by atoms with Crippen molar-refractivity contribution in [2.75, 3.05) is 19.6 Å². The largest absolute Gasteiger partial charge is 0.350 e. The van der Waals surface area contributed by atoms with Crippen molar-refractivity contribution in [3.63, 3.8) is 0 Å². The van der Waals surface area contributed by atoms with Crippen molar-refractivity contribution in [3.8, 4) is 0 Å². The van der Waals surface area contributed by atoms with E-state index in [0.717, 1.165) is 18.5 Å². The van der Waals surface area contributed by atoms with Crippen LogP contribution in [0.25, 0.3) is 0 Å². The van der Waals surface area contributed by atoms with Gasteiger partial charge in [-0.25, -0.2) is 4.79 Å². The third kappa shape index (κ3) is 5.76. The van der Waals surface area contributed by atoms with Crippen LogP contribution in [-0.4, -0.2) is 46.3 Å². The predicted octanol–water partition coefficient (Wildman–Crippen LogP) is 2.16. The number of nitrogens with one attached hydrogen (secondary N) is 2. The Morgan fingerprint density at radius 2 is 2.04 bits per heavy atom. The maximum Gasteiger partial charge on any atom is 0.317 e. The van der Waals surface area contributed by atoms with Crippen LogP contribution in [0.4, 0.5) is 4.79 Å². The van der Waals surface area contributed by atoms with Crippen LogP contribution >= 0.6 is 0 Å². The second kappa shape index (κ2) is 8.87. The molecule has 7 heteroatoms. The summed E-state index contributed by atoms with van der Waals surface area (Å²) in [6.07, 6.45) is 3.60. The smallest absolute Gasteiger partial charge is 0.317 e. The molecular formula is C18H31N5O2. The third-order valence-electron chi connectivity index (χ3n) is 4.38. The second-order valence-electron chi connectivity index (χ2n) is 7.46. The molecule has 1 saturated heterocycles. The average Bonchev–Trinajstić information content (AvgIpc) is 3.07. The molecule has 0 spiro atoms. The lowest BCUT2D eigenvalue weighted by Gasteiger charge is -2.32.